The van der Waals surface area contributed by atoms with Crippen LogP contribution in [0.1, 0.15) is 30.3 Å². The number of aromatic nitrogens is 3. The molecule has 0 bridgehead atoms. The number of furan rings is 1. The lowest BCUT2D eigenvalue weighted by molar-refractivity contribution is 0.0917. The number of rotatable bonds is 6. The van der Waals surface area contributed by atoms with Crippen molar-refractivity contribution in [1.82, 2.24) is 14.8 Å². The maximum atomic E-state index is 12.6. The van der Waals surface area contributed by atoms with Crippen molar-refractivity contribution in [2.45, 2.75) is 19.8 Å². The summed E-state index contributed by atoms with van der Waals surface area (Å²) in [5.41, 5.74) is 0.667. The highest BCUT2D eigenvalue weighted by Crippen LogP contribution is 2.24. The third kappa shape index (κ3) is 3.49. The van der Waals surface area contributed by atoms with Crippen molar-refractivity contribution in [3.8, 4) is 17.4 Å². The van der Waals surface area contributed by atoms with Gasteiger partial charge in [-0.3, -0.25) is 4.79 Å². The van der Waals surface area contributed by atoms with Crippen molar-refractivity contribution in [1.29, 1.82) is 0 Å². The van der Waals surface area contributed by atoms with Gasteiger partial charge in [0.05, 0.1) is 12.9 Å². The second-order valence-corrected chi connectivity index (χ2v) is 5.56. The Bertz CT molecular complexity index is 827. The van der Waals surface area contributed by atoms with Crippen LogP contribution in [-0.4, -0.2) is 27.3 Å². The maximum absolute atomic E-state index is 12.6. The molecule has 124 valence electrons. The lowest BCUT2D eigenvalue weighted by atomic mass is 10.2. The van der Waals surface area contributed by atoms with E-state index >= 15 is 0 Å². The number of benzene rings is 1. The number of ether oxygens (including phenoxy) is 1. The lowest BCUT2D eigenvalue weighted by Gasteiger charge is -2.02. The molecule has 0 atom stereocenters. The molecule has 0 fully saturated rings. The molecule has 3 rings (SSSR count). The van der Waals surface area contributed by atoms with Crippen LogP contribution in [0.5, 0.6) is 6.01 Å². The Morgan fingerprint density at radius 1 is 1.33 bits per heavy atom. The van der Waals surface area contributed by atoms with Gasteiger partial charge in [0.25, 0.3) is 0 Å². The van der Waals surface area contributed by atoms with Crippen molar-refractivity contribution in [3.63, 3.8) is 0 Å². The van der Waals surface area contributed by atoms with Crippen LogP contribution in [-0.2, 0) is 0 Å². The summed E-state index contributed by atoms with van der Waals surface area (Å²) < 4.78 is 11.9. The molecule has 0 saturated carbocycles. The first-order valence-electron chi connectivity index (χ1n) is 7.63. The van der Waals surface area contributed by atoms with Gasteiger partial charge in [-0.1, -0.05) is 37.1 Å². The molecule has 24 heavy (non-hydrogen) atoms. The number of hydrogen-bond donors (Lipinski definition) is 0. The summed E-state index contributed by atoms with van der Waals surface area (Å²) in [6.45, 7) is 2.55. The molecule has 0 amide bonds. The second kappa shape index (κ2) is 7.31. The lowest BCUT2D eigenvalue weighted by Crippen LogP contribution is -2.14. The highest BCUT2D eigenvalue weighted by atomic mass is 35.5. The van der Waals surface area contributed by atoms with E-state index in [4.69, 9.17) is 20.8 Å². The minimum atomic E-state index is -0.423. The zero-order valence-electron chi connectivity index (χ0n) is 13.1. The zero-order chi connectivity index (χ0) is 16.9. The quantitative estimate of drug-likeness (QED) is 0.630. The number of unbranched alkanes of at least 4 members (excludes halogenated alkanes) is 1. The van der Waals surface area contributed by atoms with E-state index in [2.05, 4.69) is 17.0 Å². The topological polar surface area (TPSA) is 70.2 Å². The van der Waals surface area contributed by atoms with Crippen LogP contribution in [0.15, 0.2) is 47.1 Å². The molecule has 0 radical (unpaired) electrons. The predicted molar refractivity (Wildman–Crippen MR) is 89.3 cm³/mol. The summed E-state index contributed by atoms with van der Waals surface area (Å²) >= 11 is 6.04. The Balaban J connectivity index is 2.00. The fourth-order valence-electron chi connectivity index (χ4n) is 2.12. The van der Waals surface area contributed by atoms with Gasteiger partial charge in [-0.15, -0.1) is 5.10 Å². The molecular weight excluding hydrogens is 330 g/mol. The zero-order valence-corrected chi connectivity index (χ0v) is 13.9. The first kappa shape index (κ1) is 16.3. The number of hydrogen-bond acceptors (Lipinski definition) is 5. The van der Waals surface area contributed by atoms with Crippen LogP contribution in [0.25, 0.3) is 11.4 Å². The Kier molecular flexibility index (Phi) is 4.96. The summed E-state index contributed by atoms with van der Waals surface area (Å²) in [5, 5.41) is 4.72. The number of carbonyl (C=O) groups excluding carboxylic acids is 1. The minimum absolute atomic E-state index is 0.151. The van der Waals surface area contributed by atoms with Crippen LogP contribution < -0.4 is 4.74 Å². The van der Waals surface area contributed by atoms with Crippen LogP contribution in [0, 0.1) is 0 Å². The van der Waals surface area contributed by atoms with Gasteiger partial charge in [0.1, 0.15) is 0 Å². The molecule has 0 saturated heterocycles. The van der Waals surface area contributed by atoms with E-state index in [0.717, 1.165) is 12.8 Å². The predicted octanol–water partition coefficient (Wildman–Crippen LogP) is 4.06. The van der Waals surface area contributed by atoms with Crippen LogP contribution in [0.4, 0.5) is 0 Å². The summed E-state index contributed by atoms with van der Waals surface area (Å²) in [5.74, 6) is 0.0986. The maximum Gasteiger partial charge on any atom is 0.336 e. The van der Waals surface area contributed by atoms with E-state index in [9.17, 15) is 4.79 Å². The van der Waals surface area contributed by atoms with Gasteiger partial charge < -0.3 is 9.15 Å². The third-order valence-corrected chi connectivity index (χ3v) is 3.56. The van der Waals surface area contributed by atoms with Gasteiger partial charge in [0.2, 0.25) is 0 Å². The fraction of sp³-hybridized carbons (Fsp3) is 0.235. The van der Waals surface area contributed by atoms with Gasteiger partial charge >= 0.3 is 11.9 Å². The molecule has 0 aliphatic heterocycles. The molecule has 0 spiro atoms. The molecule has 1 aromatic carbocycles. The van der Waals surface area contributed by atoms with Crippen LogP contribution in [0.2, 0.25) is 5.02 Å². The second-order valence-electron chi connectivity index (χ2n) is 5.12. The van der Waals surface area contributed by atoms with Crippen LogP contribution >= 0.6 is 11.6 Å². The summed E-state index contributed by atoms with van der Waals surface area (Å²) in [4.78, 5) is 16.9. The molecule has 6 nitrogen and oxygen atoms in total. The van der Waals surface area contributed by atoms with Crippen LogP contribution in [0.3, 0.4) is 0 Å². The Morgan fingerprint density at radius 3 is 2.92 bits per heavy atom. The van der Waals surface area contributed by atoms with Crippen molar-refractivity contribution in [2.24, 2.45) is 0 Å². The first-order chi connectivity index (χ1) is 11.7. The van der Waals surface area contributed by atoms with Gasteiger partial charge in [0, 0.05) is 10.6 Å². The number of carbonyl (C=O) groups is 1. The average Bonchev–Trinajstić information content (AvgIpc) is 3.24. The molecule has 0 N–H and O–H groups in total. The van der Waals surface area contributed by atoms with Gasteiger partial charge in [0.15, 0.2) is 11.6 Å². The van der Waals surface area contributed by atoms with Crippen molar-refractivity contribution >= 4 is 17.5 Å². The molecule has 0 aliphatic carbocycles. The van der Waals surface area contributed by atoms with Crippen molar-refractivity contribution in [3.05, 3.63) is 53.4 Å². The molecule has 3 aromatic rings. The van der Waals surface area contributed by atoms with Gasteiger partial charge in [-0.2, -0.15) is 9.67 Å². The average molecular weight is 346 g/mol. The third-order valence-electron chi connectivity index (χ3n) is 3.32. The van der Waals surface area contributed by atoms with E-state index in [1.54, 1.807) is 36.4 Å². The first-order valence-corrected chi connectivity index (χ1v) is 8.01. The van der Waals surface area contributed by atoms with E-state index in [0.29, 0.717) is 23.0 Å². The van der Waals surface area contributed by atoms with Gasteiger partial charge in [-0.05, 0) is 30.7 Å². The Labute approximate surface area is 144 Å². The van der Waals surface area contributed by atoms with Crippen molar-refractivity contribution < 1.29 is 13.9 Å². The van der Waals surface area contributed by atoms with Crippen molar-refractivity contribution in [2.75, 3.05) is 6.61 Å². The Hall–Kier alpha value is -2.60. The normalized spacial score (nSPS) is 10.8. The highest BCUT2D eigenvalue weighted by Gasteiger charge is 2.21. The SMILES string of the molecule is CCCCOc1nc(-c2cccc(Cl)c2)n(C(=O)c2ccco2)n1. The fourth-order valence-corrected chi connectivity index (χ4v) is 2.31. The van der Waals surface area contributed by atoms with E-state index in [1.807, 2.05) is 0 Å². The van der Waals surface area contributed by atoms with Gasteiger partial charge in [-0.25, -0.2) is 0 Å². The number of nitrogens with zero attached hydrogens (tertiary/aromatic N) is 3. The minimum Gasteiger partial charge on any atom is -0.462 e. The summed E-state index contributed by atoms with van der Waals surface area (Å²) in [6, 6.07) is 10.4. The summed E-state index contributed by atoms with van der Waals surface area (Å²) in [6.07, 6.45) is 3.31. The molecular formula is C17H16ClN3O3. The standard InChI is InChI=1S/C17H16ClN3O3/c1-2-3-9-24-17-19-15(12-6-4-7-13(18)11-12)21(20-17)16(22)14-8-5-10-23-14/h4-8,10-11H,2-3,9H2,1H3. The molecule has 2 heterocycles. The largest absolute Gasteiger partial charge is 0.462 e. The molecule has 0 unspecified atom stereocenters. The highest BCUT2D eigenvalue weighted by molar-refractivity contribution is 6.30. The summed E-state index contributed by atoms with van der Waals surface area (Å²) in [7, 11) is 0. The van der Waals surface area contributed by atoms with E-state index < -0.39 is 5.91 Å². The molecule has 2 aromatic heterocycles. The smallest absolute Gasteiger partial charge is 0.336 e. The monoisotopic (exact) mass is 345 g/mol. The Morgan fingerprint density at radius 2 is 2.21 bits per heavy atom. The van der Waals surface area contributed by atoms with E-state index in [-0.39, 0.29) is 11.8 Å². The number of halogens is 1. The molecule has 7 heteroatoms. The van der Waals surface area contributed by atoms with E-state index in [1.165, 1.54) is 10.9 Å². The molecule has 0 aliphatic rings.